The van der Waals surface area contributed by atoms with E-state index in [9.17, 15) is 4.79 Å². The van der Waals surface area contributed by atoms with Crippen LogP contribution in [-0.4, -0.2) is 45.6 Å². The van der Waals surface area contributed by atoms with Crippen molar-refractivity contribution in [2.45, 2.75) is 28.6 Å². The fourth-order valence-electron chi connectivity index (χ4n) is 3.61. The Morgan fingerprint density at radius 2 is 2.00 bits per heavy atom. The zero-order valence-electron chi connectivity index (χ0n) is 14.7. The van der Waals surface area contributed by atoms with Gasteiger partial charge in [-0.2, -0.15) is 0 Å². The van der Waals surface area contributed by atoms with Gasteiger partial charge in [0.15, 0.2) is 0 Å². The van der Waals surface area contributed by atoms with Crippen molar-refractivity contribution in [2.75, 3.05) is 19.6 Å². The van der Waals surface area contributed by atoms with E-state index in [4.69, 9.17) is 16.7 Å². The molecule has 1 aromatic carbocycles. The van der Waals surface area contributed by atoms with E-state index in [2.05, 4.69) is 16.0 Å². The Kier molecular flexibility index (Phi) is 5.38. The highest BCUT2D eigenvalue weighted by Crippen LogP contribution is 2.41. The maximum atomic E-state index is 10.9. The molecular weight excluding hydrogens is 382 g/mol. The summed E-state index contributed by atoms with van der Waals surface area (Å²) >= 11 is 7.75. The van der Waals surface area contributed by atoms with Gasteiger partial charge in [-0.05, 0) is 62.3 Å². The molecule has 1 fully saturated rings. The Labute approximate surface area is 166 Å². The summed E-state index contributed by atoms with van der Waals surface area (Å²) in [5, 5.41) is 10.9. The molecular formula is C20H20ClN3O2S. The molecule has 0 bridgehead atoms. The van der Waals surface area contributed by atoms with Gasteiger partial charge in [-0.25, -0.2) is 4.98 Å². The lowest BCUT2D eigenvalue weighted by Crippen LogP contribution is -2.36. The molecule has 3 aromatic rings. The van der Waals surface area contributed by atoms with Crippen molar-refractivity contribution in [1.82, 2.24) is 14.9 Å². The average Bonchev–Trinajstić information content (AvgIpc) is 3.02. The molecule has 2 N–H and O–H groups in total. The van der Waals surface area contributed by atoms with Crippen molar-refractivity contribution in [3.63, 3.8) is 0 Å². The Bertz CT molecular complexity index is 950. The minimum atomic E-state index is -0.762. The van der Waals surface area contributed by atoms with Crippen molar-refractivity contribution in [2.24, 2.45) is 0 Å². The van der Waals surface area contributed by atoms with Gasteiger partial charge in [0.2, 0.25) is 0 Å². The summed E-state index contributed by atoms with van der Waals surface area (Å²) in [6.07, 6.45) is 3.68. The van der Waals surface area contributed by atoms with Crippen LogP contribution in [0.2, 0.25) is 5.02 Å². The van der Waals surface area contributed by atoms with Gasteiger partial charge >= 0.3 is 5.97 Å². The van der Waals surface area contributed by atoms with E-state index in [0.29, 0.717) is 5.92 Å². The van der Waals surface area contributed by atoms with Crippen LogP contribution in [0.3, 0.4) is 0 Å². The molecule has 3 heterocycles. The van der Waals surface area contributed by atoms with Crippen LogP contribution >= 0.6 is 23.4 Å². The highest BCUT2D eigenvalue weighted by molar-refractivity contribution is 7.99. The number of aromatic amines is 1. The number of pyridine rings is 1. The number of likely N-dealkylation sites (tertiary alicyclic amines) is 1. The van der Waals surface area contributed by atoms with Crippen molar-refractivity contribution in [3.8, 4) is 0 Å². The van der Waals surface area contributed by atoms with Gasteiger partial charge in [-0.15, -0.1) is 0 Å². The van der Waals surface area contributed by atoms with Gasteiger partial charge < -0.3 is 10.1 Å². The Morgan fingerprint density at radius 3 is 2.70 bits per heavy atom. The SMILES string of the molecule is O=C(O)CN1CCC(c2[nH]c3ncccc3c2Sc2ccc(Cl)cc2)CC1. The molecule has 5 nitrogen and oxygen atoms in total. The van der Waals surface area contributed by atoms with Crippen LogP contribution in [0.25, 0.3) is 11.0 Å². The number of rotatable bonds is 5. The first kappa shape index (κ1) is 18.3. The van der Waals surface area contributed by atoms with Gasteiger partial charge in [0.1, 0.15) is 5.65 Å². The number of aromatic nitrogens is 2. The topological polar surface area (TPSA) is 69.2 Å². The highest BCUT2D eigenvalue weighted by Gasteiger charge is 2.26. The minimum absolute atomic E-state index is 0.118. The van der Waals surface area contributed by atoms with Gasteiger partial charge in [0.05, 0.1) is 6.54 Å². The minimum Gasteiger partial charge on any atom is -0.480 e. The van der Waals surface area contributed by atoms with Gasteiger partial charge in [0.25, 0.3) is 0 Å². The smallest absolute Gasteiger partial charge is 0.317 e. The Balaban J connectivity index is 1.62. The van der Waals surface area contributed by atoms with Crippen LogP contribution in [0.4, 0.5) is 0 Å². The molecule has 1 aliphatic heterocycles. The molecule has 140 valence electrons. The molecule has 0 saturated carbocycles. The number of aliphatic carboxylic acids is 1. The van der Waals surface area contributed by atoms with E-state index < -0.39 is 5.97 Å². The third kappa shape index (κ3) is 4.13. The lowest BCUT2D eigenvalue weighted by molar-refractivity contribution is -0.138. The molecule has 0 amide bonds. The fourth-order valence-corrected chi connectivity index (χ4v) is 4.84. The number of hydrogen-bond donors (Lipinski definition) is 2. The number of carbonyl (C=O) groups is 1. The van der Waals surface area contributed by atoms with Crippen LogP contribution in [-0.2, 0) is 4.79 Å². The molecule has 0 radical (unpaired) electrons. The zero-order valence-corrected chi connectivity index (χ0v) is 16.3. The van der Waals surface area contributed by atoms with Crippen LogP contribution in [0.15, 0.2) is 52.4 Å². The zero-order chi connectivity index (χ0) is 18.8. The van der Waals surface area contributed by atoms with Crippen LogP contribution in [0, 0.1) is 0 Å². The molecule has 2 aromatic heterocycles. The van der Waals surface area contributed by atoms with Gasteiger partial charge in [-0.1, -0.05) is 23.4 Å². The monoisotopic (exact) mass is 401 g/mol. The van der Waals surface area contributed by atoms with E-state index >= 15 is 0 Å². The lowest BCUT2D eigenvalue weighted by Gasteiger charge is -2.30. The Hall–Kier alpha value is -2.02. The number of benzene rings is 1. The summed E-state index contributed by atoms with van der Waals surface area (Å²) in [4.78, 5) is 23.3. The number of nitrogens with zero attached hydrogens (tertiary/aromatic N) is 2. The number of halogens is 1. The third-order valence-electron chi connectivity index (χ3n) is 4.94. The molecule has 0 spiro atoms. The Morgan fingerprint density at radius 1 is 1.26 bits per heavy atom. The summed E-state index contributed by atoms with van der Waals surface area (Å²) in [6.45, 7) is 1.71. The first-order chi connectivity index (χ1) is 13.1. The van der Waals surface area contributed by atoms with Crippen molar-refractivity contribution < 1.29 is 9.90 Å². The molecule has 0 unspecified atom stereocenters. The number of carboxylic acid groups (broad SMARTS) is 1. The maximum absolute atomic E-state index is 10.9. The van der Waals surface area contributed by atoms with E-state index in [-0.39, 0.29) is 6.54 Å². The predicted octanol–water partition coefficient (Wildman–Crippen LogP) is 4.63. The lowest BCUT2D eigenvalue weighted by atomic mass is 9.93. The molecule has 1 aliphatic rings. The van der Waals surface area contributed by atoms with Gasteiger partial charge in [0, 0.05) is 38.0 Å². The largest absolute Gasteiger partial charge is 0.480 e. The standard InChI is InChI=1S/C20H20ClN3O2S/c21-14-3-5-15(6-4-14)27-19-16-2-1-9-22-20(16)23-18(19)13-7-10-24(11-8-13)12-17(25)26/h1-6,9,13H,7-8,10-12H2,(H,22,23)(H,25,26). The van der Waals surface area contributed by atoms with Crippen LogP contribution < -0.4 is 0 Å². The highest BCUT2D eigenvalue weighted by atomic mass is 35.5. The normalized spacial score (nSPS) is 16.0. The number of piperidine rings is 1. The molecule has 7 heteroatoms. The molecule has 0 atom stereocenters. The van der Waals surface area contributed by atoms with Crippen LogP contribution in [0.5, 0.6) is 0 Å². The van der Waals surface area contributed by atoms with Gasteiger partial charge in [-0.3, -0.25) is 9.69 Å². The fraction of sp³-hybridized carbons (Fsp3) is 0.300. The quantitative estimate of drug-likeness (QED) is 0.652. The second-order valence-corrected chi connectivity index (χ2v) is 8.29. The van der Waals surface area contributed by atoms with E-state index in [0.717, 1.165) is 46.9 Å². The first-order valence-electron chi connectivity index (χ1n) is 8.94. The third-order valence-corrected chi connectivity index (χ3v) is 6.34. The van der Waals surface area contributed by atoms with Crippen LogP contribution in [0.1, 0.15) is 24.5 Å². The summed E-state index contributed by atoms with van der Waals surface area (Å²) < 4.78 is 0. The summed E-state index contributed by atoms with van der Waals surface area (Å²) in [6, 6.07) is 11.9. The molecule has 0 aliphatic carbocycles. The van der Waals surface area contributed by atoms with Crippen molar-refractivity contribution >= 4 is 40.4 Å². The summed E-state index contributed by atoms with van der Waals surface area (Å²) in [5.74, 6) is -0.388. The maximum Gasteiger partial charge on any atom is 0.317 e. The average molecular weight is 402 g/mol. The van der Waals surface area contributed by atoms with E-state index in [1.54, 1.807) is 18.0 Å². The number of nitrogens with one attached hydrogen (secondary N) is 1. The first-order valence-corrected chi connectivity index (χ1v) is 10.1. The second kappa shape index (κ2) is 7.92. The number of hydrogen-bond acceptors (Lipinski definition) is 4. The second-order valence-electron chi connectivity index (χ2n) is 6.77. The molecule has 4 rings (SSSR count). The summed E-state index contributed by atoms with van der Waals surface area (Å²) in [7, 11) is 0. The number of fused-ring (bicyclic) bond motifs is 1. The van der Waals surface area contributed by atoms with E-state index in [1.807, 2.05) is 35.2 Å². The van der Waals surface area contributed by atoms with E-state index in [1.165, 1.54) is 10.6 Å². The number of carboxylic acids is 1. The summed E-state index contributed by atoms with van der Waals surface area (Å²) in [5.41, 5.74) is 2.11. The van der Waals surface area contributed by atoms with Crippen molar-refractivity contribution in [3.05, 3.63) is 53.3 Å². The predicted molar refractivity (Wildman–Crippen MR) is 108 cm³/mol. The molecule has 27 heavy (non-hydrogen) atoms. The molecule has 1 saturated heterocycles. The van der Waals surface area contributed by atoms with Crippen molar-refractivity contribution in [1.29, 1.82) is 0 Å². The number of H-pyrrole nitrogens is 1.